The van der Waals surface area contributed by atoms with E-state index >= 15 is 0 Å². The van der Waals surface area contributed by atoms with Crippen LogP contribution in [0.2, 0.25) is 0 Å². The molecule has 0 aliphatic carbocycles. The topological polar surface area (TPSA) is 64.0 Å². The number of carbonyl (C=O) groups is 2. The van der Waals surface area contributed by atoms with Crippen molar-refractivity contribution in [3.05, 3.63) is 42.2 Å². The lowest BCUT2D eigenvalue weighted by atomic mass is 10.1. The highest BCUT2D eigenvalue weighted by Gasteiger charge is 2.18. The molecule has 6 heteroatoms. The molecule has 2 rings (SSSR count). The molecule has 1 atom stereocenters. The molecular formula is C15H17N3O2S. The van der Waals surface area contributed by atoms with Crippen molar-refractivity contribution in [2.24, 2.45) is 7.05 Å². The van der Waals surface area contributed by atoms with Crippen molar-refractivity contribution in [2.75, 3.05) is 5.32 Å². The summed E-state index contributed by atoms with van der Waals surface area (Å²) in [6.45, 7) is 3.29. The number of benzene rings is 1. The summed E-state index contributed by atoms with van der Waals surface area (Å²) in [5.74, 6) is -0.230. The number of nitrogens with one attached hydrogen (secondary N) is 1. The molecule has 2 aromatic rings. The van der Waals surface area contributed by atoms with Crippen LogP contribution in [-0.4, -0.2) is 26.5 Å². The van der Waals surface area contributed by atoms with Crippen molar-refractivity contribution in [1.29, 1.82) is 0 Å². The Kier molecular flexibility index (Phi) is 4.80. The van der Waals surface area contributed by atoms with Gasteiger partial charge < -0.3 is 9.88 Å². The van der Waals surface area contributed by atoms with Gasteiger partial charge in [0, 0.05) is 25.0 Å². The minimum absolute atomic E-state index is 0.0738. The van der Waals surface area contributed by atoms with Crippen molar-refractivity contribution in [3.8, 4) is 0 Å². The Hall–Kier alpha value is -2.08. The molecule has 1 unspecified atom stereocenters. The van der Waals surface area contributed by atoms with Gasteiger partial charge in [-0.3, -0.25) is 9.59 Å². The second-order valence-corrected chi connectivity index (χ2v) is 5.98. The van der Waals surface area contributed by atoms with Crippen molar-refractivity contribution in [2.45, 2.75) is 24.3 Å². The highest BCUT2D eigenvalue weighted by Crippen LogP contribution is 2.23. The molecule has 1 amide bonds. The Morgan fingerprint density at radius 1 is 1.33 bits per heavy atom. The fourth-order valence-corrected chi connectivity index (χ4v) is 2.64. The van der Waals surface area contributed by atoms with E-state index in [-0.39, 0.29) is 16.9 Å². The molecule has 1 heterocycles. The predicted molar refractivity (Wildman–Crippen MR) is 83.6 cm³/mol. The molecule has 0 saturated carbocycles. The average molecular weight is 303 g/mol. The Morgan fingerprint density at radius 3 is 2.67 bits per heavy atom. The summed E-state index contributed by atoms with van der Waals surface area (Å²) in [5, 5.41) is 3.27. The van der Waals surface area contributed by atoms with Crippen LogP contribution in [0.15, 0.2) is 41.8 Å². The molecule has 0 bridgehead atoms. The maximum Gasteiger partial charge on any atom is 0.237 e. The highest BCUT2D eigenvalue weighted by atomic mass is 32.2. The van der Waals surface area contributed by atoms with Crippen molar-refractivity contribution in [1.82, 2.24) is 9.55 Å². The minimum Gasteiger partial charge on any atom is -0.329 e. The van der Waals surface area contributed by atoms with E-state index in [0.29, 0.717) is 11.3 Å². The third-order valence-electron chi connectivity index (χ3n) is 2.99. The van der Waals surface area contributed by atoms with E-state index in [9.17, 15) is 9.59 Å². The van der Waals surface area contributed by atoms with Gasteiger partial charge in [0.15, 0.2) is 10.9 Å². The number of Topliss-reactive ketones (excluding diaryl/α,β-unsaturated/α-hetero) is 1. The van der Waals surface area contributed by atoms with Crippen LogP contribution in [0.25, 0.3) is 0 Å². The Bertz CT molecular complexity index is 666. The van der Waals surface area contributed by atoms with Gasteiger partial charge in [0.2, 0.25) is 5.91 Å². The van der Waals surface area contributed by atoms with Crippen LogP contribution in [-0.2, 0) is 11.8 Å². The second kappa shape index (κ2) is 6.58. The van der Waals surface area contributed by atoms with Gasteiger partial charge >= 0.3 is 0 Å². The number of ketones is 1. The Morgan fingerprint density at radius 2 is 2.05 bits per heavy atom. The van der Waals surface area contributed by atoms with E-state index in [1.54, 1.807) is 30.5 Å². The number of aromatic nitrogens is 2. The first-order valence-corrected chi connectivity index (χ1v) is 7.42. The van der Waals surface area contributed by atoms with Crippen LogP contribution < -0.4 is 5.32 Å². The van der Waals surface area contributed by atoms with Gasteiger partial charge in [-0.1, -0.05) is 23.9 Å². The molecule has 0 spiro atoms. The molecule has 21 heavy (non-hydrogen) atoms. The summed E-state index contributed by atoms with van der Waals surface area (Å²) in [6, 6.07) is 7.00. The smallest absolute Gasteiger partial charge is 0.237 e. The van der Waals surface area contributed by atoms with Crippen LogP contribution in [0.4, 0.5) is 5.69 Å². The summed E-state index contributed by atoms with van der Waals surface area (Å²) < 4.78 is 1.86. The van der Waals surface area contributed by atoms with Gasteiger partial charge in [-0.25, -0.2) is 4.98 Å². The van der Waals surface area contributed by atoms with Gasteiger partial charge in [0.05, 0.1) is 10.9 Å². The van der Waals surface area contributed by atoms with E-state index in [1.807, 2.05) is 24.7 Å². The van der Waals surface area contributed by atoms with Crippen LogP contribution in [0.5, 0.6) is 0 Å². The lowest BCUT2D eigenvalue weighted by molar-refractivity contribution is -0.115. The molecule has 0 aliphatic rings. The molecule has 0 radical (unpaired) electrons. The Balaban J connectivity index is 2.08. The number of hydrogen-bond acceptors (Lipinski definition) is 4. The summed E-state index contributed by atoms with van der Waals surface area (Å²) in [4.78, 5) is 28.0. The number of aryl methyl sites for hydroxylation is 1. The standard InChI is InChI=1S/C15H17N3O2S/c1-10(19)12-6-4-5-7-13(12)17-14(20)11(2)21-15-16-8-9-18(15)3/h4-9,11H,1-3H3,(H,17,20). The maximum absolute atomic E-state index is 12.2. The van der Waals surface area contributed by atoms with Crippen LogP contribution in [0.1, 0.15) is 24.2 Å². The monoisotopic (exact) mass is 303 g/mol. The highest BCUT2D eigenvalue weighted by molar-refractivity contribution is 8.00. The van der Waals surface area contributed by atoms with E-state index in [0.717, 1.165) is 5.16 Å². The third-order valence-corrected chi connectivity index (χ3v) is 4.16. The molecule has 1 N–H and O–H groups in total. The number of anilines is 1. The largest absolute Gasteiger partial charge is 0.329 e. The van der Waals surface area contributed by atoms with Crippen LogP contribution >= 0.6 is 11.8 Å². The SMILES string of the molecule is CC(=O)c1ccccc1NC(=O)C(C)Sc1nccn1C. The molecule has 5 nitrogen and oxygen atoms in total. The number of para-hydroxylation sites is 1. The van der Waals surface area contributed by atoms with E-state index in [4.69, 9.17) is 0 Å². The number of carbonyl (C=O) groups excluding carboxylic acids is 2. The van der Waals surface area contributed by atoms with Gasteiger partial charge in [-0.2, -0.15) is 0 Å². The second-order valence-electron chi connectivity index (χ2n) is 4.67. The molecule has 1 aromatic carbocycles. The molecule has 1 aromatic heterocycles. The van der Waals surface area contributed by atoms with Crippen molar-refractivity contribution in [3.63, 3.8) is 0 Å². The molecule has 0 aliphatic heterocycles. The third kappa shape index (κ3) is 3.72. The summed E-state index contributed by atoms with van der Waals surface area (Å²) in [7, 11) is 1.88. The van der Waals surface area contributed by atoms with Gasteiger partial charge in [-0.05, 0) is 26.0 Å². The van der Waals surface area contributed by atoms with E-state index < -0.39 is 0 Å². The number of thioether (sulfide) groups is 1. The van der Waals surface area contributed by atoms with Crippen molar-refractivity contribution >= 4 is 29.1 Å². The molecule has 110 valence electrons. The summed E-state index contributed by atoms with van der Waals surface area (Å²) >= 11 is 1.37. The zero-order valence-corrected chi connectivity index (χ0v) is 13.0. The summed E-state index contributed by atoms with van der Waals surface area (Å²) in [5.41, 5.74) is 1.06. The number of rotatable bonds is 5. The predicted octanol–water partition coefficient (Wildman–Crippen LogP) is 2.74. The minimum atomic E-state index is -0.314. The molecule has 0 fully saturated rings. The summed E-state index contributed by atoms with van der Waals surface area (Å²) in [6.07, 6.45) is 3.52. The number of hydrogen-bond donors (Lipinski definition) is 1. The fourth-order valence-electron chi connectivity index (χ4n) is 1.81. The van der Waals surface area contributed by atoms with E-state index in [1.165, 1.54) is 18.7 Å². The van der Waals surface area contributed by atoms with Crippen LogP contribution in [0.3, 0.4) is 0 Å². The first-order chi connectivity index (χ1) is 9.99. The van der Waals surface area contributed by atoms with E-state index in [2.05, 4.69) is 10.3 Å². The quantitative estimate of drug-likeness (QED) is 0.681. The first kappa shape index (κ1) is 15.3. The number of amides is 1. The Labute approximate surface area is 127 Å². The maximum atomic E-state index is 12.2. The molecular weight excluding hydrogens is 286 g/mol. The van der Waals surface area contributed by atoms with Crippen molar-refractivity contribution < 1.29 is 9.59 Å². The fraction of sp³-hybridized carbons (Fsp3) is 0.267. The normalized spacial score (nSPS) is 12.0. The van der Waals surface area contributed by atoms with Gasteiger partial charge in [0.1, 0.15) is 0 Å². The lowest BCUT2D eigenvalue weighted by Crippen LogP contribution is -2.23. The van der Waals surface area contributed by atoms with Gasteiger partial charge in [-0.15, -0.1) is 0 Å². The lowest BCUT2D eigenvalue weighted by Gasteiger charge is -2.13. The zero-order valence-electron chi connectivity index (χ0n) is 12.2. The number of imidazole rings is 1. The molecule has 0 saturated heterocycles. The number of nitrogens with zero attached hydrogens (tertiary/aromatic N) is 2. The zero-order chi connectivity index (χ0) is 15.4. The van der Waals surface area contributed by atoms with Gasteiger partial charge in [0.25, 0.3) is 0 Å². The average Bonchev–Trinajstić information content (AvgIpc) is 2.84. The first-order valence-electron chi connectivity index (χ1n) is 6.54. The van der Waals surface area contributed by atoms with Crippen LogP contribution in [0, 0.1) is 0 Å².